The van der Waals surface area contributed by atoms with Crippen LogP contribution >= 0.6 is 11.8 Å². The number of anilines is 1. The predicted octanol–water partition coefficient (Wildman–Crippen LogP) is 3.77. The van der Waals surface area contributed by atoms with Gasteiger partial charge in [0.05, 0.1) is 5.75 Å². The Hall–Kier alpha value is -3.72. The SMILES string of the molecule is CCCCc1ccc(NC(=O)CSc2nc(-c3ccccc3)nc3c2c(=O)n(C)c(=O)n3C)cc1. The molecule has 1 N–H and O–H groups in total. The topological polar surface area (TPSA) is 98.9 Å². The summed E-state index contributed by atoms with van der Waals surface area (Å²) < 4.78 is 2.35. The van der Waals surface area contributed by atoms with Crippen LogP contribution < -0.4 is 16.6 Å². The van der Waals surface area contributed by atoms with Gasteiger partial charge in [0.15, 0.2) is 11.5 Å². The van der Waals surface area contributed by atoms with Gasteiger partial charge < -0.3 is 5.32 Å². The van der Waals surface area contributed by atoms with Crippen LogP contribution in [-0.2, 0) is 25.3 Å². The average molecular weight is 490 g/mol. The molecule has 9 heteroatoms. The minimum Gasteiger partial charge on any atom is -0.325 e. The predicted molar refractivity (Wildman–Crippen MR) is 140 cm³/mol. The Morgan fingerprint density at radius 3 is 2.37 bits per heavy atom. The lowest BCUT2D eigenvalue weighted by Crippen LogP contribution is -2.37. The van der Waals surface area contributed by atoms with Crippen molar-refractivity contribution in [3.05, 3.63) is 81.0 Å². The highest BCUT2D eigenvalue weighted by Crippen LogP contribution is 2.26. The Bertz CT molecular complexity index is 1480. The van der Waals surface area contributed by atoms with Crippen molar-refractivity contribution in [2.75, 3.05) is 11.1 Å². The van der Waals surface area contributed by atoms with Gasteiger partial charge in [-0.05, 0) is 30.5 Å². The first-order chi connectivity index (χ1) is 16.9. The summed E-state index contributed by atoms with van der Waals surface area (Å²) in [6.07, 6.45) is 3.28. The van der Waals surface area contributed by atoms with Gasteiger partial charge in [0.2, 0.25) is 5.91 Å². The summed E-state index contributed by atoms with van der Waals surface area (Å²) in [4.78, 5) is 47.3. The lowest BCUT2D eigenvalue weighted by Gasteiger charge is -2.12. The van der Waals surface area contributed by atoms with Crippen molar-refractivity contribution in [2.24, 2.45) is 14.1 Å². The zero-order valence-electron chi connectivity index (χ0n) is 19.9. The van der Waals surface area contributed by atoms with E-state index in [0.717, 1.165) is 41.2 Å². The number of unbranched alkanes of at least 4 members (excludes halogenated alkanes) is 1. The fraction of sp³-hybridized carbons (Fsp3) is 0.269. The first kappa shape index (κ1) is 24.4. The van der Waals surface area contributed by atoms with E-state index in [1.165, 1.54) is 17.2 Å². The van der Waals surface area contributed by atoms with Crippen LogP contribution in [0.2, 0.25) is 0 Å². The van der Waals surface area contributed by atoms with E-state index >= 15 is 0 Å². The van der Waals surface area contributed by atoms with Crippen molar-refractivity contribution in [1.82, 2.24) is 19.1 Å². The molecule has 0 aliphatic rings. The maximum absolute atomic E-state index is 13.0. The quantitative estimate of drug-likeness (QED) is 0.299. The fourth-order valence-electron chi connectivity index (χ4n) is 3.72. The van der Waals surface area contributed by atoms with Crippen LogP contribution in [0.25, 0.3) is 22.4 Å². The molecule has 2 aromatic carbocycles. The number of nitrogens with zero attached hydrogens (tertiary/aromatic N) is 4. The highest BCUT2D eigenvalue weighted by atomic mass is 32.2. The summed E-state index contributed by atoms with van der Waals surface area (Å²) in [6, 6.07) is 17.1. The standard InChI is InChI=1S/C26H27N5O3S/c1-4-5-9-17-12-14-19(15-13-17)27-20(32)16-35-24-21-23(30(2)26(34)31(3)25(21)33)28-22(29-24)18-10-7-6-8-11-18/h6-8,10-15H,4-5,9,16H2,1-3H3,(H,27,32). The number of amides is 1. The van der Waals surface area contributed by atoms with Gasteiger partial charge in [0, 0.05) is 25.3 Å². The monoisotopic (exact) mass is 489 g/mol. The number of thioether (sulfide) groups is 1. The fourth-order valence-corrected chi connectivity index (χ4v) is 4.53. The molecule has 0 saturated carbocycles. The van der Waals surface area contributed by atoms with Gasteiger partial charge in [0.25, 0.3) is 5.56 Å². The van der Waals surface area contributed by atoms with E-state index in [1.807, 2.05) is 54.6 Å². The molecule has 0 atom stereocenters. The smallest absolute Gasteiger partial charge is 0.325 e. The Morgan fingerprint density at radius 1 is 0.971 bits per heavy atom. The summed E-state index contributed by atoms with van der Waals surface area (Å²) >= 11 is 1.15. The molecule has 8 nitrogen and oxygen atoms in total. The maximum Gasteiger partial charge on any atom is 0.332 e. The lowest BCUT2D eigenvalue weighted by molar-refractivity contribution is -0.113. The summed E-state index contributed by atoms with van der Waals surface area (Å²) in [7, 11) is 2.98. The molecule has 0 aliphatic carbocycles. The second kappa shape index (κ2) is 10.7. The van der Waals surface area contributed by atoms with Crippen molar-refractivity contribution < 1.29 is 4.79 Å². The van der Waals surface area contributed by atoms with E-state index in [-0.39, 0.29) is 22.7 Å². The number of aromatic nitrogens is 4. The number of hydrogen-bond donors (Lipinski definition) is 1. The van der Waals surface area contributed by atoms with Gasteiger partial charge in [0.1, 0.15) is 10.4 Å². The third-order valence-electron chi connectivity index (χ3n) is 5.70. The van der Waals surface area contributed by atoms with Crippen molar-refractivity contribution in [3.8, 4) is 11.4 Å². The van der Waals surface area contributed by atoms with E-state index in [1.54, 1.807) is 7.05 Å². The molecule has 0 saturated heterocycles. The zero-order valence-corrected chi connectivity index (χ0v) is 20.8. The molecule has 180 valence electrons. The second-order valence-electron chi connectivity index (χ2n) is 8.26. The molecule has 1 amide bonds. The average Bonchev–Trinajstić information content (AvgIpc) is 2.89. The Labute approximate surface area is 207 Å². The van der Waals surface area contributed by atoms with Gasteiger partial charge >= 0.3 is 5.69 Å². The largest absolute Gasteiger partial charge is 0.332 e. The van der Waals surface area contributed by atoms with E-state index in [4.69, 9.17) is 0 Å². The van der Waals surface area contributed by atoms with Crippen LogP contribution in [0.5, 0.6) is 0 Å². The zero-order chi connectivity index (χ0) is 24.9. The Balaban J connectivity index is 1.63. The van der Waals surface area contributed by atoms with Crippen LogP contribution in [0, 0.1) is 0 Å². The van der Waals surface area contributed by atoms with E-state index in [0.29, 0.717) is 16.5 Å². The van der Waals surface area contributed by atoms with E-state index in [9.17, 15) is 14.4 Å². The van der Waals surface area contributed by atoms with Crippen molar-refractivity contribution >= 4 is 34.4 Å². The molecule has 0 spiro atoms. The number of aryl methyl sites for hydroxylation is 2. The Morgan fingerprint density at radius 2 is 1.69 bits per heavy atom. The van der Waals surface area contributed by atoms with Gasteiger partial charge in [-0.25, -0.2) is 14.8 Å². The van der Waals surface area contributed by atoms with Gasteiger partial charge in [-0.2, -0.15) is 0 Å². The molecule has 0 aliphatic heterocycles. The second-order valence-corrected chi connectivity index (χ2v) is 9.22. The van der Waals surface area contributed by atoms with Crippen molar-refractivity contribution in [1.29, 1.82) is 0 Å². The minimum atomic E-state index is -0.492. The number of carbonyl (C=O) groups excluding carboxylic acids is 1. The normalized spacial score (nSPS) is 11.1. The summed E-state index contributed by atoms with van der Waals surface area (Å²) in [5, 5.41) is 3.47. The number of nitrogens with one attached hydrogen (secondary N) is 1. The molecule has 35 heavy (non-hydrogen) atoms. The molecule has 0 unspecified atom stereocenters. The summed E-state index contributed by atoms with van der Waals surface area (Å²) in [6.45, 7) is 2.16. The first-order valence-corrected chi connectivity index (χ1v) is 12.4. The van der Waals surface area contributed by atoms with Crippen molar-refractivity contribution in [2.45, 2.75) is 31.2 Å². The number of rotatable bonds is 8. The van der Waals surface area contributed by atoms with Crippen LogP contribution in [0.1, 0.15) is 25.3 Å². The molecular formula is C26H27N5O3S. The summed E-state index contributed by atoms with van der Waals surface area (Å²) in [5.41, 5.74) is 1.97. The van der Waals surface area contributed by atoms with Crippen LogP contribution in [0.4, 0.5) is 5.69 Å². The number of benzene rings is 2. The molecule has 4 rings (SSSR count). The third-order valence-corrected chi connectivity index (χ3v) is 6.67. The lowest BCUT2D eigenvalue weighted by atomic mass is 10.1. The molecule has 0 bridgehead atoms. The number of carbonyl (C=O) groups is 1. The maximum atomic E-state index is 13.0. The van der Waals surface area contributed by atoms with Crippen molar-refractivity contribution in [3.63, 3.8) is 0 Å². The van der Waals surface area contributed by atoms with Gasteiger partial charge in [-0.1, -0.05) is 67.6 Å². The van der Waals surface area contributed by atoms with Crippen LogP contribution in [0.3, 0.4) is 0 Å². The van der Waals surface area contributed by atoms with E-state index in [2.05, 4.69) is 22.2 Å². The molecule has 2 heterocycles. The van der Waals surface area contributed by atoms with Gasteiger partial charge in [-0.15, -0.1) is 0 Å². The van der Waals surface area contributed by atoms with Gasteiger partial charge in [-0.3, -0.25) is 18.7 Å². The number of hydrogen-bond acceptors (Lipinski definition) is 6. The third kappa shape index (κ3) is 5.35. The highest BCUT2D eigenvalue weighted by molar-refractivity contribution is 8.00. The highest BCUT2D eigenvalue weighted by Gasteiger charge is 2.19. The first-order valence-electron chi connectivity index (χ1n) is 11.4. The molecular weight excluding hydrogens is 462 g/mol. The van der Waals surface area contributed by atoms with E-state index < -0.39 is 11.2 Å². The number of fused-ring (bicyclic) bond motifs is 1. The molecule has 0 fully saturated rings. The molecule has 4 aromatic rings. The van der Waals surface area contributed by atoms with Crippen LogP contribution in [0.15, 0.2) is 69.2 Å². The Kier molecular flexibility index (Phi) is 7.45. The van der Waals surface area contributed by atoms with Crippen LogP contribution in [-0.4, -0.2) is 30.8 Å². The summed E-state index contributed by atoms with van der Waals surface area (Å²) in [5.74, 6) is 0.210. The molecule has 2 aromatic heterocycles. The minimum absolute atomic E-state index is 0.0456. The molecule has 0 radical (unpaired) electrons.